The first-order chi connectivity index (χ1) is 3.42. The lowest BCUT2D eigenvalue weighted by atomic mass is 11.3. The van der Waals surface area contributed by atoms with Crippen LogP contribution in [0.25, 0.3) is 0 Å². The molecule has 7 heteroatoms. The molecular weight excluding hydrogens is 147 g/mol. The van der Waals surface area contributed by atoms with Gasteiger partial charge in [-0.25, -0.2) is 0 Å². The number of alkyl halides is 3. The van der Waals surface area contributed by atoms with Crippen LogP contribution in [0.15, 0.2) is 0 Å². The van der Waals surface area contributed by atoms with Crippen molar-refractivity contribution in [2.24, 2.45) is 0 Å². The molecule has 0 aliphatic carbocycles. The van der Waals surface area contributed by atoms with Gasteiger partial charge >= 0.3 is 6.30 Å². The normalized spacial score (nSPS) is 16.0. The zero-order valence-corrected chi connectivity index (χ0v) is 4.18. The van der Waals surface area contributed by atoms with E-state index >= 15 is 0 Å². The molecule has 1 atom stereocenters. The number of hydrogen-bond acceptors (Lipinski definition) is 2. The van der Waals surface area contributed by atoms with Crippen molar-refractivity contribution >= 4 is 11.3 Å². The molecule has 0 saturated carbocycles. The zero-order valence-electron chi connectivity index (χ0n) is 3.36. The zero-order chi connectivity index (χ0) is 6.78. The van der Waals surface area contributed by atoms with Gasteiger partial charge in [-0.1, -0.05) is 0 Å². The average molecular weight is 148 g/mol. The third kappa shape index (κ3) is 5.86. The van der Waals surface area contributed by atoms with Crippen LogP contribution in [0.4, 0.5) is 13.2 Å². The minimum absolute atomic E-state index is 0.299. The Kier molecular flexibility index (Phi) is 2.38. The van der Waals surface area contributed by atoms with E-state index < -0.39 is 17.6 Å². The SMILES string of the molecule is O=S([O-])NC(F)(F)F. The number of halogens is 3. The van der Waals surface area contributed by atoms with Crippen molar-refractivity contribution in [1.82, 2.24) is 4.72 Å². The molecule has 0 aliphatic rings. The van der Waals surface area contributed by atoms with E-state index in [0.717, 1.165) is 0 Å². The fraction of sp³-hybridized carbons (Fsp3) is 1.00. The summed E-state index contributed by atoms with van der Waals surface area (Å²) < 4.78 is 51.1. The Hall–Kier alpha value is -0.140. The summed E-state index contributed by atoms with van der Waals surface area (Å²) in [6.45, 7) is 0. The van der Waals surface area contributed by atoms with Crippen molar-refractivity contribution in [2.45, 2.75) is 6.30 Å². The molecule has 0 radical (unpaired) electrons. The Labute approximate surface area is 45.3 Å². The van der Waals surface area contributed by atoms with Gasteiger partial charge in [0.05, 0.1) is 0 Å². The van der Waals surface area contributed by atoms with Crippen LogP contribution in [-0.4, -0.2) is 15.1 Å². The molecule has 0 rings (SSSR count). The van der Waals surface area contributed by atoms with Crippen molar-refractivity contribution in [3.63, 3.8) is 0 Å². The van der Waals surface area contributed by atoms with Gasteiger partial charge in [-0.2, -0.15) is 17.9 Å². The highest BCUT2D eigenvalue weighted by molar-refractivity contribution is 7.77. The van der Waals surface area contributed by atoms with Crippen LogP contribution in [-0.2, 0) is 11.3 Å². The molecular formula is CHF3NO2S-. The summed E-state index contributed by atoms with van der Waals surface area (Å²) in [7, 11) is 0. The molecule has 0 spiro atoms. The Morgan fingerprint density at radius 3 is 1.88 bits per heavy atom. The second-order valence-corrected chi connectivity index (χ2v) is 1.51. The van der Waals surface area contributed by atoms with Crippen LogP contribution in [0.3, 0.4) is 0 Å². The molecule has 8 heavy (non-hydrogen) atoms. The first-order valence-corrected chi connectivity index (χ1v) is 2.43. The number of nitrogens with one attached hydrogen (secondary N) is 1. The molecule has 0 amide bonds. The first kappa shape index (κ1) is 7.86. The quantitative estimate of drug-likeness (QED) is 0.416. The van der Waals surface area contributed by atoms with Gasteiger partial charge in [-0.15, -0.1) is 0 Å². The maximum absolute atomic E-state index is 10.8. The topological polar surface area (TPSA) is 52.2 Å². The van der Waals surface area contributed by atoms with E-state index in [1.54, 1.807) is 0 Å². The lowest BCUT2D eigenvalue weighted by Gasteiger charge is -2.08. The molecule has 0 aliphatic heterocycles. The monoisotopic (exact) mass is 148 g/mol. The Morgan fingerprint density at radius 2 is 1.88 bits per heavy atom. The van der Waals surface area contributed by atoms with Crippen LogP contribution in [0, 0.1) is 0 Å². The first-order valence-electron chi connectivity index (χ1n) is 1.35. The van der Waals surface area contributed by atoms with Crippen molar-refractivity contribution in [3.8, 4) is 0 Å². The van der Waals surface area contributed by atoms with Crippen molar-refractivity contribution in [2.75, 3.05) is 0 Å². The molecule has 0 bridgehead atoms. The molecule has 3 nitrogen and oxygen atoms in total. The smallest absolute Gasteiger partial charge is 0.467 e. The van der Waals surface area contributed by atoms with Gasteiger partial charge in [-0.3, -0.25) is 4.21 Å². The van der Waals surface area contributed by atoms with Crippen LogP contribution in [0.5, 0.6) is 0 Å². The van der Waals surface area contributed by atoms with Gasteiger partial charge in [-0.05, 0) is 0 Å². The van der Waals surface area contributed by atoms with Crippen molar-refractivity contribution in [3.05, 3.63) is 0 Å². The summed E-state index contributed by atoms with van der Waals surface area (Å²) in [5.74, 6) is 0. The molecule has 0 aromatic carbocycles. The summed E-state index contributed by atoms with van der Waals surface area (Å²) in [6.07, 6.45) is -4.84. The third-order valence-corrected chi connectivity index (χ3v) is 0.597. The highest BCUT2D eigenvalue weighted by atomic mass is 32.2. The van der Waals surface area contributed by atoms with E-state index in [0.29, 0.717) is 4.72 Å². The van der Waals surface area contributed by atoms with E-state index in [4.69, 9.17) is 0 Å². The molecule has 0 saturated heterocycles. The van der Waals surface area contributed by atoms with Crippen molar-refractivity contribution in [1.29, 1.82) is 0 Å². The Balaban J connectivity index is 3.55. The largest absolute Gasteiger partial charge is 0.760 e. The molecule has 50 valence electrons. The lowest BCUT2D eigenvalue weighted by Crippen LogP contribution is -2.32. The summed E-state index contributed by atoms with van der Waals surface area (Å²) in [4.78, 5) is 0. The second kappa shape index (κ2) is 2.42. The van der Waals surface area contributed by atoms with Gasteiger partial charge in [0.25, 0.3) is 0 Å². The molecule has 1 N–H and O–H groups in total. The van der Waals surface area contributed by atoms with E-state index in [1.807, 2.05) is 0 Å². The van der Waals surface area contributed by atoms with Crippen LogP contribution in [0.1, 0.15) is 0 Å². The third-order valence-electron chi connectivity index (χ3n) is 0.199. The maximum atomic E-state index is 10.8. The predicted octanol–water partition coefficient (Wildman–Crippen LogP) is -0.110. The van der Waals surface area contributed by atoms with Gasteiger partial charge < -0.3 is 4.55 Å². The summed E-state index contributed by atoms with van der Waals surface area (Å²) in [6, 6.07) is 0. The maximum Gasteiger partial charge on any atom is 0.467 e. The van der Waals surface area contributed by atoms with Gasteiger partial charge in [0, 0.05) is 11.3 Å². The van der Waals surface area contributed by atoms with Gasteiger partial charge in [0.1, 0.15) is 0 Å². The fourth-order valence-corrected chi connectivity index (χ4v) is 0.283. The highest BCUT2D eigenvalue weighted by Gasteiger charge is 2.26. The van der Waals surface area contributed by atoms with Crippen LogP contribution < -0.4 is 4.72 Å². The fourth-order valence-electron chi connectivity index (χ4n) is 0.0945. The van der Waals surface area contributed by atoms with Crippen molar-refractivity contribution < 1.29 is 21.9 Å². The minimum atomic E-state index is -4.84. The summed E-state index contributed by atoms with van der Waals surface area (Å²) in [5, 5.41) is 0. The Bertz CT molecular complexity index is 99.9. The average Bonchev–Trinajstić information content (AvgIpc) is 1.21. The minimum Gasteiger partial charge on any atom is -0.760 e. The standard InChI is InChI=1S/CH2F3NO2S/c2-1(3,4)5-8(6)7/h5H,(H,6,7)/p-1. The van der Waals surface area contributed by atoms with Crippen LogP contribution in [0.2, 0.25) is 0 Å². The molecule has 0 heterocycles. The highest BCUT2D eigenvalue weighted by Crippen LogP contribution is 2.08. The second-order valence-electron chi connectivity index (χ2n) is 0.835. The van der Waals surface area contributed by atoms with Gasteiger partial charge in [0.15, 0.2) is 0 Å². The van der Waals surface area contributed by atoms with Crippen LogP contribution >= 0.6 is 0 Å². The van der Waals surface area contributed by atoms with E-state index in [1.165, 1.54) is 0 Å². The lowest BCUT2D eigenvalue weighted by molar-refractivity contribution is -0.138. The summed E-state index contributed by atoms with van der Waals surface area (Å²) >= 11 is -3.26. The Morgan fingerprint density at radius 1 is 1.50 bits per heavy atom. The van der Waals surface area contributed by atoms with E-state index in [9.17, 15) is 21.9 Å². The number of hydrogen-bond donors (Lipinski definition) is 1. The van der Waals surface area contributed by atoms with E-state index in [-0.39, 0.29) is 0 Å². The number of rotatable bonds is 1. The molecule has 1 unspecified atom stereocenters. The molecule has 0 aromatic heterocycles. The molecule has 0 fully saturated rings. The molecule has 0 aromatic rings. The summed E-state index contributed by atoms with van der Waals surface area (Å²) in [5.41, 5.74) is 0. The van der Waals surface area contributed by atoms with E-state index in [2.05, 4.69) is 0 Å². The van der Waals surface area contributed by atoms with Gasteiger partial charge in [0.2, 0.25) is 0 Å². The predicted molar refractivity (Wildman–Crippen MR) is 18.1 cm³/mol.